The maximum atomic E-state index is 12.5. The van der Waals surface area contributed by atoms with Crippen molar-refractivity contribution >= 4 is 22.9 Å². The van der Waals surface area contributed by atoms with E-state index in [1.165, 1.54) is 23.5 Å². The predicted molar refractivity (Wildman–Crippen MR) is 101 cm³/mol. The number of ether oxygens (including phenoxy) is 2. The molecule has 0 atom stereocenters. The van der Waals surface area contributed by atoms with Crippen LogP contribution in [-0.2, 0) is 6.61 Å². The zero-order valence-corrected chi connectivity index (χ0v) is 15.3. The third kappa shape index (κ3) is 5.27. The first kappa shape index (κ1) is 18.8. The Kier molecular flexibility index (Phi) is 6.03. The second-order valence-corrected chi connectivity index (χ2v) is 6.66. The van der Waals surface area contributed by atoms with Crippen LogP contribution in [0.5, 0.6) is 11.5 Å². The lowest BCUT2D eigenvalue weighted by Crippen LogP contribution is -2.12. The van der Waals surface area contributed by atoms with Crippen molar-refractivity contribution in [1.29, 1.82) is 0 Å². The molecule has 0 unspecified atom stereocenters. The first-order valence-corrected chi connectivity index (χ1v) is 9.01. The molecule has 0 aliphatic rings. The Morgan fingerprint density at radius 1 is 1.15 bits per heavy atom. The summed E-state index contributed by atoms with van der Waals surface area (Å²) in [7, 11) is 0. The van der Waals surface area contributed by atoms with Crippen LogP contribution in [0.25, 0.3) is 0 Å². The second kappa shape index (κ2) is 8.64. The number of carbonyl (C=O) groups is 1. The standard InChI is InChI=1S/C20H17F2NO3S/c1-13-5-4-6-15(9-13)25-11-14-10-18(27-12-14)19(24)23-16-7-2-3-8-17(16)26-20(21)22/h2-10,12,20H,11H2,1H3,(H,23,24). The summed E-state index contributed by atoms with van der Waals surface area (Å²) >= 11 is 1.25. The lowest BCUT2D eigenvalue weighted by Gasteiger charge is -2.10. The van der Waals surface area contributed by atoms with Crippen molar-refractivity contribution in [2.24, 2.45) is 0 Å². The largest absolute Gasteiger partial charge is 0.489 e. The minimum Gasteiger partial charge on any atom is -0.489 e. The van der Waals surface area contributed by atoms with Gasteiger partial charge < -0.3 is 14.8 Å². The topological polar surface area (TPSA) is 47.6 Å². The summed E-state index contributed by atoms with van der Waals surface area (Å²) in [5.41, 5.74) is 2.14. The van der Waals surface area contributed by atoms with Gasteiger partial charge in [0.25, 0.3) is 5.91 Å². The summed E-state index contributed by atoms with van der Waals surface area (Å²) in [6.07, 6.45) is 0. The van der Waals surface area contributed by atoms with Gasteiger partial charge >= 0.3 is 6.61 Å². The normalized spacial score (nSPS) is 10.7. The molecule has 0 saturated carbocycles. The number of hydrogen-bond donors (Lipinski definition) is 1. The van der Waals surface area contributed by atoms with E-state index in [1.807, 2.05) is 36.6 Å². The third-order valence-electron chi connectivity index (χ3n) is 3.62. The Hall–Kier alpha value is -2.93. The van der Waals surface area contributed by atoms with Gasteiger partial charge in [0.2, 0.25) is 0 Å². The number of hydrogen-bond acceptors (Lipinski definition) is 4. The Balaban J connectivity index is 1.63. The molecule has 0 saturated heterocycles. The molecule has 7 heteroatoms. The molecule has 4 nitrogen and oxygen atoms in total. The first-order valence-electron chi connectivity index (χ1n) is 8.13. The minimum atomic E-state index is -2.96. The Morgan fingerprint density at radius 2 is 1.96 bits per heavy atom. The fraction of sp³-hybridized carbons (Fsp3) is 0.150. The summed E-state index contributed by atoms with van der Waals surface area (Å²) in [6, 6.07) is 15.5. The molecule has 0 fully saturated rings. The number of thiophene rings is 1. The Labute approximate surface area is 159 Å². The second-order valence-electron chi connectivity index (χ2n) is 5.75. The van der Waals surface area contributed by atoms with Gasteiger partial charge in [-0.25, -0.2) is 0 Å². The van der Waals surface area contributed by atoms with Crippen molar-refractivity contribution in [3.63, 3.8) is 0 Å². The van der Waals surface area contributed by atoms with Gasteiger partial charge in [-0.05, 0) is 48.2 Å². The highest BCUT2D eigenvalue weighted by Crippen LogP contribution is 2.27. The molecule has 1 N–H and O–H groups in total. The van der Waals surface area contributed by atoms with E-state index in [9.17, 15) is 13.6 Å². The SMILES string of the molecule is Cc1cccc(OCc2csc(C(=O)Nc3ccccc3OC(F)F)c2)c1. The monoisotopic (exact) mass is 389 g/mol. The van der Waals surface area contributed by atoms with E-state index in [2.05, 4.69) is 10.1 Å². The number of anilines is 1. The van der Waals surface area contributed by atoms with Crippen LogP contribution in [0.1, 0.15) is 20.8 Å². The molecule has 1 amide bonds. The molecule has 1 heterocycles. The first-order chi connectivity index (χ1) is 13.0. The molecular weight excluding hydrogens is 372 g/mol. The van der Waals surface area contributed by atoms with Gasteiger partial charge in [-0.3, -0.25) is 4.79 Å². The van der Waals surface area contributed by atoms with Gasteiger partial charge in [0.15, 0.2) is 0 Å². The molecular formula is C20H17F2NO3S. The third-order valence-corrected chi connectivity index (χ3v) is 4.60. The van der Waals surface area contributed by atoms with Gasteiger partial charge in [-0.2, -0.15) is 8.78 Å². The number of rotatable bonds is 7. The van der Waals surface area contributed by atoms with Crippen LogP contribution >= 0.6 is 11.3 Å². The highest BCUT2D eigenvalue weighted by atomic mass is 32.1. The van der Waals surface area contributed by atoms with Crippen LogP contribution in [0.3, 0.4) is 0 Å². The molecule has 0 aliphatic carbocycles. The minimum absolute atomic E-state index is 0.0830. The smallest absolute Gasteiger partial charge is 0.387 e. The maximum Gasteiger partial charge on any atom is 0.387 e. The Bertz CT molecular complexity index is 927. The molecule has 0 spiro atoms. The van der Waals surface area contributed by atoms with Crippen molar-refractivity contribution in [3.05, 3.63) is 76.0 Å². The summed E-state index contributed by atoms with van der Waals surface area (Å²) in [5.74, 6) is 0.276. The van der Waals surface area contributed by atoms with Crippen LogP contribution in [-0.4, -0.2) is 12.5 Å². The summed E-state index contributed by atoms with van der Waals surface area (Å²) in [6.45, 7) is -0.650. The Morgan fingerprint density at radius 3 is 2.74 bits per heavy atom. The van der Waals surface area contributed by atoms with Crippen molar-refractivity contribution in [1.82, 2.24) is 0 Å². The molecule has 0 radical (unpaired) electrons. The number of amides is 1. The molecule has 3 rings (SSSR count). The molecule has 1 aromatic heterocycles. The summed E-state index contributed by atoms with van der Waals surface area (Å²) < 4.78 is 35.1. The highest BCUT2D eigenvalue weighted by molar-refractivity contribution is 7.12. The van der Waals surface area contributed by atoms with Crippen molar-refractivity contribution < 1.29 is 23.0 Å². The van der Waals surface area contributed by atoms with E-state index in [1.54, 1.807) is 18.2 Å². The van der Waals surface area contributed by atoms with E-state index in [0.29, 0.717) is 11.5 Å². The lowest BCUT2D eigenvalue weighted by atomic mass is 10.2. The number of benzene rings is 2. The van der Waals surface area contributed by atoms with Gasteiger partial charge in [-0.15, -0.1) is 11.3 Å². The number of para-hydroxylation sites is 2. The van der Waals surface area contributed by atoms with E-state index >= 15 is 0 Å². The van der Waals surface area contributed by atoms with Crippen LogP contribution in [0.15, 0.2) is 60.0 Å². The molecule has 0 aliphatic heterocycles. The van der Waals surface area contributed by atoms with Crippen LogP contribution in [0.4, 0.5) is 14.5 Å². The van der Waals surface area contributed by atoms with Crippen LogP contribution in [0.2, 0.25) is 0 Å². The average molecular weight is 389 g/mol. The van der Waals surface area contributed by atoms with Gasteiger partial charge in [-0.1, -0.05) is 24.3 Å². The van der Waals surface area contributed by atoms with Gasteiger partial charge in [0.05, 0.1) is 10.6 Å². The quantitative estimate of drug-likeness (QED) is 0.581. The van der Waals surface area contributed by atoms with Crippen molar-refractivity contribution in [3.8, 4) is 11.5 Å². The van der Waals surface area contributed by atoms with Gasteiger partial charge in [0, 0.05) is 5.56 Å². The zero-order valence-electron chi connectivity index (χ0n) is 14.4. The van der Waals surface area contributed by atoms with E-state index in [0.717, 1.165) is 16.9 Å². The van der Waals surface area contributed by atoms with Gasteiger partial charge in [0.1, 0.15) is 18.1 Å². The predicted octanol–water partition coefficient (Wildman–Crippen LogP) is 5.49. The summed E-state index contributed by atoms with van der Waals surface area (Å²) in [5, 5.41) is 4.42. The molecule has 2 aromatic carbocycles. The van der Waals surface area contributed by atoms with Crippen LogP contribution in [0, 0.1) is 6.92 Å². The maximum absolute atomic E-state index is 12.5. The zero-order chi connectivity index (χ0) is 19.2. The molecule has 140 valence electrons. The number of alkyl halides is 2. The van der Waals surface area contributed by atoms with Crippen LogP contribution < -0.4 is 14.8 Å². The average Bonchev–Trinajstić information content (AvgIpc) is 3.10. The molecule has 0 bridgehead atoms. The number of halogens is 2. The van der Waals surface area contributed by atoms with E-state index in [-0.39, 0.29) is 11.4 Å². The highest BCUT2D eigenvalue weighted by Gasteiger charge is 2.14. The molecule has 27 heavy (non-hydrogen) atoms. The van der Waals surface area contributed by atoms with Crippen molar-refractivity contribution in [2.75, 3.05) is 5.32 Å². The molecule has 3 aromatic rings. The number of carbonyl (C=O) groups excluding carboxylic acids is 1. The summed E-state index contributed by atoms with van der Waals surface area (Å²) in [4.78, 5) is 12.8. The fourth-order valence-corrected chi connectivity index (χ4v) is 3.19. The lowest BCUT2D eigenvalue weighted by molar-refractivity contribution is -0.0493. The van der Waals surface area contributed by atoms with E-state index < -0.39 is 12.5 Å². The van der Waals surface area contributed by atoms with Crippen molar-refractivity contribution in [2.45, 2.75) is 20.1 Å². The fourth-order valence-electron chi connectivity index (χ4n) is 2.39. The number of nitrogens with one attached hydrogen (secondary N) is 1. The number of aryl methyl sites for hydroxylation is 1. The van der Waals surface area contributed by atoms with E-state index in [4.69, 9.17) is 4.74 Å².